The van der Waals surface area contributed by atoms with Gasteiger partial charge in [0.05, 0.1) is 5.38 Å². The van der Waals surface area contributed by atoms with Crippen LogP contribution in [0.25, 0.3) is 0 Å². The second kappa shape index (κ2) is 3.93. The third-order valence-electron chi connectivity index (χ3n) is 0.782. The first kappa shape index (κ1) is 9.01. The van der Waals surface area contributed by atoms with Gasteiger partial charge in [-0.15, -0.1) is 23.2 Å². The summed E-state index contributed by atoms with van der Waals surface area (Å²) >= 11 is 10.5. The van der Waals surface area contributed by atoms with E-state index in [0.29, 0.717) is 0 Å². The molecule has 0 spiro atoms. The zero-order valence-electron chi connectivity index (χ0n) is 4.55. The highest BCUT2D eigenvalue weighted by molar-refractivity contribution is 6.29. The fourth-order valence-corrected chi connectivity index (χ4v) is 0.556. The summed E-state index contributed by atoms with van der Waals surface area (Å²) in [4.78, 5) is 10.1. The molecule has 0 rings (SSSR count). The summed E-state index contributed by atoms with van der Waals surface area (Å²) in [6.07, 6.45) is -1.34. The number of aliphatic hydroxyl groups is 1. The van der Waals surface area contributed by atoms with E-state index in [1.165, 1.54) is 0 Å². The van der Waals surface area contributed by atoms with Crippen LogP contribution in [-0.2, 0) is 4.79 Å². The Bertz CT molecular complexity index is 109. The molecule has 3 nitrogen and oxygen atoms in total. The zero-order chi connectivity index (χ0) is 7.44. The summed E-state index contributed by atoms with van der Waals surface area (Å²) in [6.45, 7) is 0. The minimum atomic E-state index is -1.34. The Kier molecular flexibility index (Phi) is 3.93. The largest absolute Gasteiger partial charge is 0.382 e. The number of rotatable bonds is 3. The van der Waals surface area contributed by atoms with E-state index in [0.717, 1.165) is 0 Å². The van der Waals surface area contributed by atoms with Crippen LogP contribution in [0.15, 0.2) is 0 Å². The van der Waals surface area contributed by atoms with Crippen molar-refractivity contribution in [1.29, 1.82) is 0 Å². The number of hydrogen-bond acceptors (Lipinski definition) is 2. The second-order valence-electron chi connectivity index (χ2n) is 1.52. The molecule has 0 aromatic carbocycles. The van der Waals surface area contributed by atoms with Crippen molar-refractivity contribution in [2.75, 3.05) is 5.88 Å². The molecule has 0 radical (unpaired) electrons. The van der Waals surface area contributed by atoms with E-state index < -0.39 is 17.4 Å². The van der Waals surface area contributed by atoms with Gasteiger partial charge in [-0.3, -0.25) is 4.79 Å². The van der Waals surface area contributed by atoms with Crippen LogP contribution in [0.4, 0.5) is 0 Å². The van der Waals surface area contributed by atoms with Crippen molar-refractivity contribution >= 4 is 29.1 Å². The predicted octanol–water partition coefficient (Wildman–Crippen LogP) is -0.321. The normalized spacial score (nSPS) is 16.8. The third-order valence-corrected chi connectivity index (χ3v) is 1.66. The molecule has 0 fully saturated rings. The van der Waals surface area contributed by atoms with E-state index in [1.807, 2.05) is 0 Å². The number of carbonyl (C=O) groups excluding carboxylic acids is 1. The van der Waals surface area contributed by atoms with Gasteiger partial charge in [-0.05, 0) is 0 Å². The highest BCUT2D eigenvalue weighted by atomic mass is 35.5. The molecule has 3 N–H and O–H groups in total. The van der Waals surface area contributed by atoms with Gasteiger partial charge >= 0.3 is 0 Å². The van der Waals surface area contributed by atoms with E-state index in [4.69, 9.17) is 28.3 Å². The molecule has 0 heterocycles. The highest BCUT2D eigenvalue weighted by Gasteiger charge is 2.20. The number of hydrogen-bond donors (Lipinski definition) is 2. The highest BCUT2D eigenvalue weighted by Crippen LogP contribution is 2.03. The van der Waals surface area contributed by atoms with Crippen LogP contribution in [0, 0.1) is 0 Å². The average Bonchev–Trinajstić information content (AvgIpc) is 1.84. The molecule has 0 saturated heterocycles. The number of nitrogens with two attached hydrogens (primary N) is 1. The van der Waals surface area contributed by atoms with Crippen molar-refractivity contribution in [2.45, 2.75) is 11.5 Å². The summed E-state index contributed by atoms with van der Waals surface area (Å²) in [5.41, 5.74) is 4.68. The fraction of sp³-hybridized carbons (Fsp3) is 0.750. The molecule has 0 bridgehead atoms. The van der Waals surface area contributed by atoms with Crippen LogP contribution in [0.2, 0.25) is 0 Å². The van der Waals surface area contributed by atoms with Crippen molar-refractivity contribution in [3.63, 3.8) is 0 Å². The van der Waals surface area contributed by atoms with Crippen LogP contribution < -0.4 is 5.73 Å². The van der Waals surface area contributed by atoms with Gasteiger partial charge in [0, 0.05) is 5.88 Å². The summed E-state index contributed by atoms with van der Waals surface area (Å²) in [5.74, 6) is -0.846. The number of primary amides is 1. The quantitative estimate of drug-likeness (QED) is 0.573. The number of aliphatic hydroxyl groups excluding tert-OH is 1. The van der Waals surface area contributed by atoms with Gasteiger partial charge in [0.25, 0.3) is 0 Å². The molecular formula is C4H7Cl2NO2. The van der Waals surface area contributed by atoms with Crippen LogP contribution in [-0.4, -0.2) is 28.4 Å². The molecular weight excluding hydrogens is 165 g/mol. The standard InChI is InChI=1S/C4H7Cl2NO2/c5-1-2(6)3(8)4(7)9/h2-3,8H,1H2,(H2,7,9)/t2-,3+/m1/s1. The number of alkyl halides is 2. The topological polar surface area (TPSA) is 63.3 Å². The van der Waals surface area contributed by atoms with Crippen LogP contribution in [0.1, 0.15) is 0 Å². The molecule has 5 heteroatoms. The lowest BCUT2D eigenvalue weighted by atomic mass is 10.3. The van der Waals surface area contributed by atoms with Crippen molar-refractivity contribution < 1.29 is 9.90 Å². The maximum atomic E-state index is 10.1. The Morgan fingerprint density at radius 3 is 2.33 bits per heavy atom. The first-order valence-corrected chi connectivity index (χ1v) is 3.24. The molecule has 2 atom stereocenters. The van der Waals surface area contributed by atoms with Crippen molar-refractivity contribution in [2.24, 2.45) is 5.73 Å². The minimum Gasteiger partial charge on any atom is -0.382 e. The maximum Gasteiger partial charge on any atom is 0.247 e. The molecule has 9 heavy (non-hydrogen) atoms. The molecule has 0 aliphatic heterocycles. The molecule has 54 valence electrons. The van der Waals surface area contributed by atoms with Crippen LogP contribution in [0.5, 0.6) is 0 Å². The maximum absolute atomic E-state index is 10.1. The van der Waals surface area contributed by atoms with E-state index >= 15 is 0 Å². The van der Waals surface area contributed by atoms with Gasteiger partial charge in [0.1, 0.15) is 6.10 Å². The summed E-state index contributed by atoms with van der Waals surface area (Å²) < 4.78 is 0. The van der Waals surface area contributed by atoms with E-state index in [1.54, 1.807) is 0 Å². The van der Waals surface area contributed by atoms with Gasteiger partial charge in [-0.25, -0.2) is 0 Å². The molecule has 0 aliphatic rings. The van der Waals surface area contributed by atoms with E-state index in [9.17, 15) is 4.79 Å². The van der Waals surface area contributed by atoms with Gasteiger partial charge < -0.3 is 10.8 Å². The van der Waals surface area contributed by atoms with E-state index in [2.05, 4.69) is 5.73 Å². The number of carbonyl (C=O) groups is 1. The van der Waals surface area contributed by atoms with Crippen LogP contribution >= 0.6 is 23.2 Å². The first-order valence-electron chi connectivity index (χ1n) is 2.27. The van der Waals surface area contributed by atoms with Crippen LogP contribution in [0.3, 0.4) is 0 Å². The monoisotopic (exact) mass is 171 g/mol. The lowest BCUT2D eigenvalue weighted by Gasteiger charge is -2.08. The van der Waals surface area contributed by atoms with Gasteiger partial charge in [0.2, 0.25) is 5.91 Å². The number of halogens is 2. The number of amides is 1. The lowest BCUT2D eigenvalue weighted by molar-refractivity contribution is -0.125. The van der Waals surface area contributed by atoms with Gasteiger partial charge in [-0.1, -0.05) is 0 Å². The Morgan fingerprint density at radius 2 is 2.22 bits per heavy atom. The molecule has 0 aromatic heterocycles. The van der Waals surface area contributed by atoms with E-state index in [-0.39, 0.29) is 5.88 Å². The first-order chi connectivity index (χ1) is 4.09. The fourth-order valence-electron chi connectivity index (χ4n) is 0.263. The Hall–Kier alpha value is 0.01000. The molecule has 0 saturated carbocycles. The Morgan fingerprint density at radius 1 is 1.78 bits per heavy atom. The molecule has 1 amide bonds. The molecule has 0 aromatic rings. The van der Waals surface area contributed by atoms with Gasteiger partial charge in [-0.2, -0.15) is 0 Å². The van der Waals surface area contributed by atoms with Gasteiger partial charge in [0.15, 0.2) is 0 Å². The summed E-state index contributed by atoms with van der Waals surface area (Å²) in [5, 5.41) is 7.92. The van der Waals surface area contributed by atoms with Crippen molar-refractivity contribution in [3.8, 4) is 0 Å². The lowest BCUT2D eigenvalue weighted by Crippen LogP contribution is -2.36. The zero-order valence-corrected chi connectivity index (χ0v) is 6.06. The third kappa shape index (κ3) is 2.89. The SMILES string of the molecule is NC(=O)[C@@H](O)[C@H](Cl)CCl. The van der Waals surface area contributed by atoms with Crippen molar-refractivity contribution in [3.05, 3.63) is 0 Å². The minimum absolute atomic E-state index is 0.00562. The summed E-state index contributed by atoms with van der Waals surface area (Å²) in [6, 6.07) is 0. The molecule has 0 aliphatic carbocycles. The van der Waals surface area contributed by atoms with Crippen molar-refractivity contribution in [1.82, 2.24) is 0 Å². The average molecular weight is 172 g/mol. The summed E-state index contributed by atoms with van der Waals surface area (Å²) in [7, 11) is 0. The Balaban J connectivity index is 3.72. The molecule has 0 unspecified atom stereocenters. The predicted molar refractivity (Wildman–Crippen MR) is 35.6 cm³/mol. The Labute approximate surface area is 62.7 Å². The second-order valence-corrected chi connectivity index (χ2v) is 2.39. The smallest absolute Gasteiger partial charge is 0.247 e.